The van der Waals surface area contributed by atoms with E-state index in [1.54, 1.807) is 6.07 Å². The Labute approximate surface area is 125 Å². The van der Waals surface area contributed by atoms with Crippen LogP contribution in [0.25, 0.3) is 0 Å². The van der Waals surface area contributed by atoms with Gasteiger partial charge in [0.05, 0.1) is 9.82 Å². The Morgan fingerprint density at radius 1 is 1.33 bits per heavy atom. The van der Waals surface area contributed by atoms with Crippen molar-refractivity contribution in [2.24, 2.45) is 0 Å². The van der Waals surface area contributed by atoms with Crippen molar-refractivity contribution < 1.29 is 13.3 Å². The van der Waals surface area contributed by atoms with Gasteiger partial charge >= 0.3 is 0 Å². The summed E-state index contributed by atoms with van der Waals surface area (Å²) in [7, 11) is -3.46. The highest BCUT2D eigenvalue weighted by molar-refractivity contribution is 7.90. The molecule has 0 radical (unpaired) electrons. The fourth-order valence-corrected chi connectivity index (χ4v) is 2.76. The van der Waals surface area contributed by atoms with Crippen LogP contribution in [0.15, 0.2) is 23.1 Å². The van der Waals surface area contributed by atoms with E-state index in [9.17, 15) is 18.5 Å². The van der Waals surface area contributed by atoms with Crippen LogP contribution >= 0.6 is 0 Å². The van der Waals surface area contributed by atoms with Gasteiger partial charge in [0.25, 0.3) is 5.69 Å². The van der Waals surface area contributed by atoms with Crippen molar-refractivity contribution in [3.05, 3.63) is 33.9 Å². The Bertz CT molecular complexity index is 613. The highest BCUT2D eigenvalue weighted by atomic mass is 32.2. The van der Waals surface area contributed by atoms with Gasteiger partial charge in [-0.1, -0.05) is 19.9 Å². The first-order valence-electron chi connectivity index (χ1n) is 6.90. The number of nitro benzene ring substituents is 1. The van der Waals surface area contributed by atoms with E-state index in [-0.39, 0.29) is 22.5 Å². The molecule has 0 amide bonds. The highest BCUT2D eigenvalue weighted by Crippen LogP contribution is 2.31. The van der Waals surface area contributed by atoms with E-state index >= 15 is 0 Å². The van der Waals surface area contributed by atoms with Crippen LogP contribution in [0.4, 0.5) is 5.69 Å². The highest BCUT2D eigenvalue weighted by Gasteiger charge is 2.25. The lowest BCUT2D eigenvalue weighted by Gasteiger charge is -2.21. The average Bonchev–Trinajstić information content (AvgIpc) is 2.42. The van der Waals surface area contributed by atoms with Gasteiger partial charge in [-0.25, -0.2) is 8.42 Å². The van der Waals surface area contributed by atoms with Crippen molar-refractivity contribution in [3.63, 3.8) is 0 Å². The monoisotopic (exact) mass is 314 g/mol. The molecule has 0 heterocycles. The van der Waals surface area contributed by atoms with Gasteiger partial charge in [0.15, 0.2) is 9.84 Å². The maximum atomic E-state index is 11.5. The molecule has 0 saturated carbocycles. The summed E-state index contributed by atoms with van der Waals surface area (Å²) in [5.41, 5.74) is 0.402. The molecule has 0 bridgehead atoms. The van der Waals surface area contributed by atoms with E-state index in [4.69, 9.17) is 0 Å². The predicted molar refractivity (Wildman–Crippen MR) is 82.4 cm³/mol. The first-order chi connectivity index (χ1) is 9.68. The van der Waals surface area contributed by atoms with Gasteiger partial charge in [0.2, 0.25) is 0 Å². The molecule has 6 nitrogen and oxygen atoms in total. The molecule has 1 aromatic carbocycles. The lowest BCUT2D eigenvalue weighted by atomic mass is 9.93. The third-order valence-electron chi connectivity index (χ3n) is 3.58. The number of hydrogen-bond donors (Lipinski definition) is 1. The van der Waals surface area contributed by atoms with Crippen LogP contribution in [0, 0.1) is 10.1 Å². The molecule has 0 spiro atoms. The minimum Gasteiger partial charge on any atom is -0.314 e. The molecule has 0 fully saturated rings. The van der Waals surface area contributed by atoms with E-state index in [0.717, 1.165) is 25.3 Å². The van der Waals surface area contributed by atoms with Crippen molar-refractivity contribution in [1.29, 1.82) is 0 Å². The first-order valence-corrected chi connectivity index (χ1v) is 8.79. The summed E-state index contributed by atoms with van der Waals surface area (Å²) in [5, 5.41) is 14.5. The van der Waals surface area contributed by atoms with Crippen LogP contribution in [-0.2, 0) is 9.84 Å². The zero-order valence-electron chi connectivity index (χ0n) is 12.8. The summed E-state index contributed by atoms with van der Waals surface area (Å²) in [6.07, 6.45) is 2.02. The molecular formula is C14H22N2O4S. The lowest BCUT2D eigenvalue weighted by Crippen LogP contribution is -2.31. The van der Waals surface area contributed by atoms with Crippen LogP contribution in [0.5, 0.6) is 0 Å². The molecule has 2 unspecified atom stereocenters. The summed E-state index contributed by atoms with van der Waals surface area (Å²) in [6, 6.07) is 4.19. The fraction of sp³-hybridized carbons (Fsp3) is 0.571. The number of nitro groups is 1. The summed E-state index contributed by atoms with van der Waals surface area (Å²) >= 11 is 0. The minimum absolute atomic E-state index is 0.0284. The molecule has 1 N–H and O–H groups in total. The Balaban J connectivity index is 3.21. The first kappa shape index (κ1) is 17.6. The topological polar surface area (TPSA) is 89.3 Å². The van der Waals surface area contributed by atoms with Gasteiger partial charge in [0.1, 0.15) is 0 Å². The van der Waals surface area contributed by atoms with E-state index in [1.807, 2.05) is 20.8 Å². The summed E-state index contributed by atoms with van der Waals surface area (Å²) in [5.74, 6) is -0.0921. The molecule has 0 aromatic heterocycles. The molecule has 0 aliphatic heterocycles. The average molecular weight is 314 g/mol. The van der Waals surface area contributed by atoms with Crippen LogP contribution < -0.4 is 5.32 Å². The van der Waals surface area contributed by atoms with Gasteiger partial charge in [-0.3, -0.25) is 10.1 Å². The van der Waals surface area contributed by atoms with E-state index in [2.05, 4.69) is 5.32 Å². The van der Waals surface area contributed by atoms with Crippen molar-refractivity contribution in [2.75, 3.05) is 12.8 Å². The third-order valence-corrected chi connectivity index (χ3v) is 4.69. The predicted octanol–water partition coefficient (Wildman–Crippen LogP) is 2.49. The maximum Gasteiger partial charge on any atom is 0.274 e. The van der Waals surface area contributed by atoms with Crippen molar-refractivity contribution >= 4 is 15.5 Å². The van der Waals surface area contributed by atoms with Gasteiger partial charge in [-0.15, -0.1) is 0 Å². The zero-order valence-corrected chi connectivity index (χ0v) is 13.6. The summed E-state index contributed by atoms with van der Waals surface area (Å²) < 4.78 is 23.1. The normalized spacial score (nSPS) is 14.7. The van der Waals surface area contributed by atoms with E-state index in [0.29, 0.717) is 5.56 Å². The summed E-state index contributed by atoms with van der Waals surface area (Å²) in [4.78, 5) is 10.7. The van der Waals surface area contributed by atoms with E-state index < -0.39 is 14.8 Å². The Hall–Kier alpha value is -1.47. The van der Waals surface area contributed by atoms with Crippen LogP contribution in [-0.4, -0.2) is 32.2 Å². The standard InChI is InChI=1S/C14H22N2O4S/c1-5-8-15-11(3)10(2)13-7-6-12(21(4,19)20)9-14(13)16(17)18/h6-7,9-11,15H,5,8H2,1-4H3. The Morgan fingerprint density at radius 3 is 2.43 bits per heavy atom. The van der Waals surface area contributed by atoms with E-state index in [1.165, 1.54) is 6.07 Å². The number of rotatable bonds is 7. The quantitative estimate of drug-likeness (QED) is 0.617. The van der Waals surface area contributed by atoms with Crippen LogP contribution in [0.3, 0.4) is 0 Å². The Kier molecular flexibility index (Phi) is 5.86. The molecule has 0 aliphatic rings. The molecule has 0 aliphatic carbocycles. The number of nitrogens with one attached hydrogen (secondary N) is 1. The fourth-order valence-electron chi connectivity index (χ4n) is 2.12. The SMILES string of the molecule is CCCNC(C)C(C)c1ccc(S(C)(=O)=O)cc1[N+](=O)[O-]. The lowest BCUT2D eigenvalue weighted by molar-refractivity contribution is -0.386. The molecule has 7 heteroatoms. The second kappa shape index (κ2) is 7.00. The number of benzene rings is 1. The van der Waals surface area contributed by atoms with Gasteiger partial charge in [0, 0.05) is 29.8 Å². The molecule has 2 atom stereocenters. The second-order valence-electron chi connectivity index (χ2n) is 5.28. The molecular weight excluding hydrogens is 292 g/mol. The van der Waals surface area contributed by atoms with Crippen molar-refractivity contribution in [3.8, 4) is 0 Å². The van der Waals surface area contributed by atoms with Crippen LogP contribution in [0.2, 0.25) is 0 Å². The molecule has 1 aromatic rings. The summed E-state index contributed by atoms with van der Waals surface area (Å²) in [6.45, 7) is 6.75. The molecule has 21 heavy (non-hydrogen) atoms. The maximum absolute atomic E-state index is 11.5. The largest absolute Gasteiger partial charge is 0.314 e. The number of hydrogen-bond acceptors (Lipinski definition) is 5. The van der Waals surface area contributed by atoms with Crippen LogP contribution in [0.1, 0.15) is 38.7 Å². The molecule has 0 saturated heterocycles. The third kappa shape index (κ3) is 4.50. The molecule has 118 valence electrons. The minimum atomic E-state index is -3.46. The number of nitrogens with zero attached hydrogens (tertiary/aromatic N) is 1. The van der Waals surface area contributed by atoms with Gasteiger partial charge in [-0.2, -0.15) is 0 Å². The van der Waals surface area contributed by atoms with Crippen molar-refractivity contribution in [1.82, 2.24) is 5.32 Å². The molecule has 1 rings (SSSR count). The van der Waals surface area contributed by atoms with Crippen molar-refractivity contribution in [2.45, 2.75) is 44.0 Å². The Morgan fingerprint density at radius 2 is 1.95 bits per heavy atom. The zero-order chi connectivity index (χ0) is 16.2. The van der Waals surface area contributed by atoms with Gasteiger partial charge in [-0.05, 0) is 26.0 Å². The number of sulfone groups is 1. The van der Waals surface area contributed by atoms with Gasteiger partial charge < -0.3 is 5.32 Å². The second-order valence-corrected chi connectivity index (χ2v) is 7.30. The smallest absolute Gasteiger partial charge is 0.274 e.